The lowest BCUT2D eigenvalue weighted by molar-refractivity contribution is 0.162. The Morgan fingerprint density at radius 2 is 0.930 bits per heavy atom. The fraction of sp³-hybridized carbons (Fsp3) is 0.154. The van der Waals surface area contributed by atoms with E-state index in [-0.39, 0.29) is 6.10 Å². The minimum absolute atomic E-state index is 0.329. The number of benzene rings is 5. The number of unbranched alkanes of at least 4 members (excludes halogenated alkanes) is 1. The van der Waals surface area contributed by atoms with Gasteiger partial charge in [-0.2, -0.15) is 0 Å². The van der Waals surface area contributed by atoms with Crippen LogP contribution in [-0.2, 0) is 6.42 Å². The fourth-order valence-corrected chi connectivity index (χ4v) is 5.44. The van der Waals surface area contributed by atoms with Crippen LogP contribution in [0.15, 0.2) is 133 Å². The molecule has 5 aromatic carbocycles. The predicted molar refractivity (Wildman–Crippen MR) is 176 cm³/mol. The van der Waals surface area contributed by atoms with Crippen molar-refractivity contribution in [2.45, 2.75) is 38.7 Å². The van der Waals surface area contributed by atoms with E-state index in [2.05, 4.69) is 79.7 Å². The molecule has 6 rings (SSSR count). The summed E-state index contributed by atoms with van der Waals surface area (Å²) in [6.45, 7) is 2.15. The van der Waals surface area contributed by atoms with Gasteiger partial charge in [-0.3, -0.25) is 0 Å². The summed E-state index contributed by atoms with van der Waals surface area (Å²) in [6, 6.07) is 45.5. The van der Waals surface area contributed by atoms with Gasteiger partial charge in [-0.15, -0.1) is 0 Å². The first-order valence-corrected chi connectivity index (χ1v) is 15.0. The number of aliphatic hydroxyl groups is 1. The number of hydrogen-bond acceptors (Lipinski definition) is 4. The van der Waals surface area contributed by atoms with Crippen molar-refractivity contribution >= 4 is 0 Å². The zero-order valence-corrected chi connectivity index (χ0v) is 24.4. The second kappa shape index (κ2) is 13.4. The predicted octanol–water partition coefficient (Wildman–Crippen LogP) is 9.30. The number of rotatable bonds is 10. The summed E-state index contributed by atoms with van der Waals surface area (Å²) in [6.07, 6.45) is 3.25. The molecule has 0 saturated heterocycles. The standard InChI is InChI=1S/C39H35N3O/c1-2-3-18-32(43)27-28-23-25-31(26-24-28)37-40-38(35-21-12-10-19-33(35)29-14-6-4-7-15-29)42-39(41-37)36-22-13-11-20-34(36)30-16-8-5-9-17-30/h4-17,19-26,32,43H,2-3,18,27H2,1H3. The maximum atomic E-state index is 10.5. The molecule has 4 heteroatoms. The van der Waals surface area contributed by atoms with Crippen molar-refractivity contribution < 1.29 is 5.11 Å². The minimum Gasteiger partial charge on any atom is -0.393 e. The van der Waals surface area contributed by atoms with Gasteiger partial charge in [0.2, 0.25) is 0 Å². The molecule has 6 aromatic rings. The maximum absolute atomic E-state index is 10.5. The van der Waals surface area contributed by atoms with E-state index in [9.17, 15) is 5.11 Å². The Balaban J connectivity index is 1.48. The largest absolute Gasteiger partial charge is 0.393 e. The molecule has 1 aromatic heterocycles. The average molecular weight is 562 g/mol. The van der Waals surface area contributed by atoms with E-state index in [1.807, 2.05) is 60.7 Å². The summed E-state index contributed by atoms with van der Waals surface area (Å²) in [5, 5.41) is 10.5. The molecular weight excluding hydrogens is 526 g/mol. The third-order valence-electron chi connectivity index (χ3n) is 7.72. The zero-order valence-electron chi connectivity index (χ0n) is 24.4. The van der Waals surface area contributed by atoms with E-state index in [4.69, 9.17) is 15.0 Å². The van der Waals surface area contributed by atoms with Crippen molar-refractivity contribution in [1.29, 1.82) is 0 Å². The van der Waals surface area contributed by atoms with Crippen LogP contribution in [0.2, 0.25) is 0 Å². The highest BCUT2D eigenvalue weighted by Gasteiger charge is 2.17. The van der Waals surface area contributed by atoms with Gasteiger partial charge in [-0.05, 0) is 40.7 Å². The van der Waals surface area contributed by atoms with Crippen LogP contribution in [0.25, 0.3) is 56.4 Å². The summed E-state index contributed by atoms with van der Waals surface area (Å²) in [5.41, 5.74) is 8.27. The Hall–Kier alpha value is -4.93. The van der Waals surface area contributed by atoms with Crippen LogP contribution in [0, 0.1) is 0 Å². The number of nitrogens with zero attached hydrogens (tertiary/aromatic N) is 3. The first-order valence-electron chi connectivity index (χ1n) is 15.0. The third kappa shape index (κ3) is 6.61. The lowest BCUT2D eigenvalue weighted by Crippen LogP contribution is -2.10. The van der Waals surface area contributed by atoms with Gasteiger partial charge in [0.1, 0.15) is 0 Å². The molecule has 0 spiro atoms. The van der Waals surface area contributed by atoms with Gasteiger partial charge in [-0.25, -0.2) is 15.0 Å². The zero-order chi connectivity index (χ0) is 29.4. The van der Waals surface area contributed by atoms with Gasteiger partial charge < -0.3 is 5.11 Å². The van der Waals surface area contributed by atoms with Crippen molar-refractivity contribution in [3.63, 3.8) is 0 Å². The van der Waals surface area contributed by atoms with Gasteiger partial charge in [0.25, 0.3) is 0 Å². The molecule has 1 atom stereocenters. The Bertz CT molecular complexity index is 1680. The van der Waals surface area contributed by atoms with Crippen molar-refractivity contribution in [1.82, 2.24) is 15.0 Å². The van der Waals surface area contributed by atoms with Gasteiger partial charge in [-0.1, -0.05) is 153 Å². The minimum atomic E-state index is -0.329. The van der Waals surface area contributed by atoms with Crippen LogP contribution in [0.3, 0.4) is 0 Å². The molecule has 0 aliphatic carbocycles. The molecule has 4 nitrogen and oxygen atoms in total. The molecular formula is C39H35N3O. The number of aromatic nitrogens is 3. The van der Waals surface area contributed by atoms with Crippen molar-refractivity contribution in [2.24, 2.45) is 0 Å². The lowest BCUT2D eigenvalue weighted by Gasteiger charge is -2.14. The number of aliphatic hydroxyl groups excluding tert-OH is 1. The van der Waals surface area contributed by atoms with E-state index < -0.39 is 0 Å². The molecule has 0 amide bonds. The van der Waals surface area contributed by atoms with Crippen LogP contribution < -0.4 is 0 Å². The van der Waals surface area contributed by atoms with Gasteiger partial charge in [0.15, 0.2) is 17.5 Å². The fourth-order valence-electron chi connectivity index (χ4n) is 5.44. The first kappa shape index (κ1) is 28.2. The molecule has 1 N–H and O–H groups in total. The maximum Gasteiger partial charge on any atom is 0.164 e. The van der Waals surface area contributed by atoms with E-state index in [1.54, 1.807) is 0 Å². The third-order valence-corrected chi connectivity index (χ3v) is 7.72. The monoisotopic (exact) mass is 561 g/mol. The summed E-state index contributed by atoms with van der Waals surface area (Å²) >= 11 is 0. The van der Waals surface area contributed by atoms with Gasteiger partial charge in [0, 0.05) is 16.7 Å². The van der Waals surface area contributed by atoms with Crippen LogP contribution in [-0.4, -0.2) is 26.2 Å². The lowest BCUT2D eigenvalue weighted by atomic mass is 9.98. The van der Waals surface area contributed by atoms with E-state index in [0.717, 1.165) is 63.8 Å². The molecule has 0 fully saturated rings. The summed E-state index contributed by atoms with van der Waals surface area (Å²) < 4.78 is 0. The Labute approximate surface area is 253 Å². The Morgan fingerprint density at radius 3 is 1.42 bits per heavy atom. The van der Waals surface area contributed by atoms with Crippen LogP contribution in [0.5, 0.6) is 0 Å². The van der Waals surface area contributed by atoms with Crippen molar-refractivity contribution in [2.75, 3.05) is 0 Å². The molecule has 0 aliphatic heterocycles. The summed E-state index contributed by atoms with van der Waals surface area (Å²) in [4.78, 5) is 15.2. The van der Waals surface area contributed by atoms with Gasteiger partial charge in [0.05, 0.1) is 6.10 Å². The average Bonchev–Trinajstić information content (AvgIpc) is 3.08. The van der Waals surface area contributed by atoms with Crippen molar-refractivity contribution in [3.05, 3.63) is 139 Å². The van der Waals surface area contributed by atoms with Gasteiger partial charge >= 0.3 is 0 Å². The Kier molecular flexibility index (Phi) is 8.77. The molecule has 0 bridgehead atoms. The molecule has 212 valence electrons. The molecule has 1 unspecified atom stereocenters. The van der Waals surface area contributed by atoms with Crippen LogP contribution in [0.1, 0.15) is 31.7 Å². The molecule has 43 heavy (non-hydrogen) atoms. The molecule has 1 heterocycles. The van der Waals surface area contributed by atoms with E-state index >= 15 is 0 Å². The summed E-state index contributed by atoms with van der Waals surface area (Å²) in [5.74, 6) is 1.87. The Morgan fingerprint density at radius 1 is 0.488 bits per heavy atom. The quantitative estimate of drug-likeness (QED) is 0.181. The molecule has 0 radical (unpaired) electrons. The second-order valence-electron chi connectivity index (χ2n) is 10.8. The van der Waals surface area contributed by atoms with Crippen LogP contribution in [0.4, 0.5) is 0 Å². The highest BCUT2D eigenvalue weighted by molar-refractivity contribution is 5.84. The highest BCUT2D eigenvalue weighted by atomic mass is 16.3. The highest BCUT2D eigenvalue weighted by Crippen LogP contribution is 2.35. The van der Waals surface area contributed by atoms with E-state index in [1.165, 1.54) is 0 Å². The second-order valence-corrected chi connectivity index (χ2v) is 10.8. The normalized spacial score (nSPS) is 11.8. The van der Waals surface area contributed by atoms with Crippen molar-refractivity contribution in [3.8, 4) is 56.4 Å². The summed E-state index contributed by atoms with van der Waals surface area (Å²) in [7, 11) is 0. The molecule has 0 saturated carbocycles. The molecule has 0 aliphatic rings. The number of hydrogen-bond donors (Lipinski definition) is 1. The smallest absolute Gasteiger partial charge is 0.164 e. The van der Waals surface area contributed by atoms with Crippen LogP contribution >= 0.6 is 0 Å². The SMILES string of the molecule is CCCCC(O)Cc1ccc(-c2nc(-c3ccccc3-c3ccccc3)nc(-c3ccccc3-c3ccccc3)n2)cc1. The first-order chi connectivity index (χ1) is 21.2. The van der Waals surface area contributed by atoms with E-state index in [0.29, 0.717) is 23.9 Å². The topological polar surface area (TPSA) is 58.9 Å².